The number of nitrogens with one attached hydrogen (secondary N) is 1. The zero-order valence-electron chi connectivity index (χ0n) is 13.6. The number of anilines is 2. The molecule has 0 heterocycles. The minimum Gasteiger partial charge on any atom is -0.487 e. The minimum absolute atomic E-state index is 0.434. The summed E-state index contributed by atoms with van der Waals surface area (Å²) in [5, 5.41) is 2.64. The van der Waals surface area contributed by atoms with Gasteiger partial charge in [0.25, 0.3) is 0 Å². The molecule has 0 fully saturated rings. The Morgan fingerprint density at radius 2 is 1.83 bits per heavy atom. The van der Waals surface area contributed by atoms with Gasteiger partial charge in [0.05, 0.1) is 5.69 Å². The highest BCUT2D eigenvalue weighted by molar-refractivity contribution is 5.86. The van der Waals surface area contributed by atoms with Crippen LogP contribution in [0.2, 0.25) is 0 Å². The molecule has 5 nitrogen and oxygen atoms in total. The third-order valence-electron chi connectivity index (χ3n) is 2.89. The van der Waals surface area contributed by atoms with E-state index in [-0.39, 0.29) is 0 Å². The van der Waals surface area contributed by atoms with Gasteiger partial charge in [0.1, 0.15) is 18.0 Å². The van der Waals surface area contributed by atoms with Gasteiger partial charge >= 0.3 is 6.09 Å². The van der Waals surface area contributed by atoms with E-state index in [1.807, 2.05) is 51.1 Å². The van der Waals surface area contributed by atoms with E-state index in [2.05, 4.69) is 5.32 Å². The number of hydrogen-bond acceptors (Lipinski definition) is 4. The van der Waals surface area contributed by atoms with Crippen LogP contribution in [0.25, 0.3) is 0 Å². The molecule has 122 valence electrons. The number of ether oxygens (including phenoxy) is 2. The average Bonchev–Trinajstić information content (AvgIpc) is 2.45. The molecule has 0 atom stereocenters. The largest absolute Gasteiger partial charge is 0.487 e. The van der Waals surface area contributed by atoms with Crippen LogP contribution < -0.4 is 15.8 Å². The summed E-state index contributed by atoms with van der Waals surface area (Å²) in [5.74, 6) is 0.573. The van der Waals surface area contributed by atoms with E-state index < -0.39 is 11.7 Å². The number of rotatable bonds is 4. The van der Waals surface area contributed by atoms with Gasteiger partial charge in [-0.2, -0.15) is 0 Å². The van der Waals surface area contributed by atoms with Gasteiger partial charge in [-0.1, -0.05) is 30.3 Å². The van der Waals surface area contributed by atoms with E-state index in [4.69, 9.17) is 15.2 Å². The van der Waals surface area contributed by atoms with Gasteiger partial charge in [0.2, 0.25) is 0 Å². The molecule has 5 heteroatoms. The van der Waals surface area contributed by atoms with Crippen molar-refractivity contribution in [2.45, 2.75) is 33.0 Å². The van der Waals surface area contributed by atoms with E-state index >= 15 is 0 Å². The molecule has 23 heavy (non-hydrogen) atoms. The van der Waals surface area contributed by atoms with Gasteiger partial charge in [-0.05, 0) is 44.5 Å². The first-order chi connectivity index (χ1) is 10.8. The maximum atomic E-state index is 11.7. The molecule has 0 saturated carbocycles. The molecule has 0 radical (unpaired) electrons. The zero-order valence-corrected chi connectivity index (χ0v) is 13.6. The Labute approximate surface area is 136 Å². The van der Waals surface area contributed by atoms with Crippen LogP contribution in [0, 0.1) is 0 Å². The van der Waals surface area contributed by atoms with Crippen LogP contribution in [0.4, 0.5) is 16.2 Å². The second kappa shape index (κ2) is 7.05. The summed E-state index contributed by atoms with van der Waals surface area (Å²) in [6, 6.07) is 14.9. The standard InChI is InChI=1S/C18H22N2O3/c1-18(2,3)23-17(21)20-14-9-10-16(15(19)11-14)22-12-13-7-5-4-6-8-13/h4-11H,12,19H2,1-3H3,(H,20,21). The highest BCUT2D eigenvalue weighted by atomic mass is 16.6. The van der Waals surface area contributed by atoms with Crippen molar-refractivity contribution in [3.05, 3.63) is 54.1 Å². The van der Waals surface area contributed by atoms with Crippen molar-refractivity contribution in [1.82, 2.24) is 0 Å². The average molecular weight is 314 g/mol. The van der Waals surface area contributed by atoms with Crippen LogP contribution in [-0.4, -0.2) is 11.7 Å². The lowest BCUT2D eigenvalue weighted by Gasteiger charge is -2.20. The third-order valence-corrected chi connectivity index (χ3v) is 2.89. The molecule has 3 N–H and O–H groups in total. The van der Waals surface area contributed by atoms with Gasteiger partial charge in [-0.25, -0.2) is 4.79 Å². The van der Waals surface area contributed by atoms with Crippen LogP contribution in [0.3, 0.4) is 0 Å². The predicted molar refractivity (Wildman–Crippen MR) is 91.5 cm³/mol. The SMILES string of the molecule is CC(C)(C)OC(=O)Nc1ccc(OCc2ccccc2)c(N)c1. The van der Waals surface area contributed by atoms with Crippen molar-refractivity contribution in [3.8, 4) is 5.75 Å². The van der Waals surface area contributed by atoms with E-state index in [0.29, 0.717) is 23.7 Å². The van der Waals surface area contributed by atoms with E-state index in [9.17, 15) is 4.79 Å². The zero-order chi connectivity index (χ0) is 16.9. The van der Waals surface area contributed by atoms with Crippen LogP contribution in [0.5, 0.6) is 5.75 Å². The quantitative estimate of drug-likeness (QED) is 0.830. The molecule has 0 aliphatic carbocycles. The fourth-order valence-corrected chi connectivity index (χ4v) is 1.91. The molecule has 0 unspecified atom stereocenters. The molecule has 0 aliphatic heterocycles. The molecular weight excluding hydrogens is 292 g/mol. The third kappa shape index (κ3) is 5.54. The number of benzene rings is 2. The summed E-state index contributed by atoms with van der Waals surface area (Å²) in [6.07, 6.45) is -0.519. The van der Waals surface area contributed by atoms with Gasteiger partial charge < -0.3 is 15.2 Å². The predicted octanol–water partition coefficient (Wildman–Crippen LogP) is 4.19. The van der Waals surface area contributed by atoms with Gasteiger partial charge in [0, 0.05) is 5.69 Å². The first kappa shape index (κ1) is 16.7. The summed E-state index contributed by atoms with van der Waals surface area (Å²) < 4.78 is 10.9. The number of nitrogens with two attached hydrogens (primary N) is 1. The minimum atomic E-state index is -0.547. The maximum absolute atomic E-state index is 11.7. The van der Waals surface area contributed by atoms with Crippen molar-refractivity contribution >= 4 is 17.5 Å². The summed E-state index contributed by atoms with van der Waals surface area (Å²) in [6.45, 7) is 5.86. The van der Waals surface area contributed by atoms with Crippen LogP contribution in [0.1, 0.15) is 26.3 Å². The lowest BCUT2D eigenvalue weighted by Crippen LogP contribution is -2.27. The lowest BCUT2D eigenvalue weighted by molar-refractivity contribution is 0.0636. The van der Waals surface area contributed by atoms with Crippen molar-refractivity contribution in [3.63, 3.8) is 0 Å². The molecule has 2 rings (SSSR count). The van der Waals surface area contributed by atoms with Crippen molar-refractivity contribution in [2.24, 2.45) is 0 Å². The molecule has 2 aromatic carbocycles. The van der Waals surface area contributed by atoms with Crippen LogP contribution in [0.15, 0.2) is 48.5 Å². The second-order valence-corrected chi connectivity index (χ2v) is 6.15. The van der Waals surface area contributed by atoms with E-state index in [1.165, 1.54) is 0 Å². The Hall–Kier alpha value is -2.69. The molecule has 0 bridgehead atoms. The monoisotopic (exact) mass is 314 g/mol. The first-order valence-electron chi connectivity index (χ1n) is 7.40. The number of carbonyl (C=O) groups is 1. The highest BCUT2D eigenvalue weighted by Gasteiger charge is 2.16. The fourth-order valence-electron chi connectivity index (χ4n) is 1.91. The van der Waals surface area contributed by atoms with Crippen molar-refractivity contribution in [1.29, 1.82) is 0 Å². The maximum Gasteiger partial charge on any atom is 0.412 e. The molecule has 1 amide bonds. The smallest absolute Gasteiger partial charge is 0.412 e. The Morgan fingerprint density at radius 3 is 2.43 bits per heavy atom. The van der Waals surface area contributed by atoms with E-state index in [0.717, 1.165) is 5.56 Å². The summed E-state index contributed by atoms with van der Waals surface area (Å²) in [4.78, 5) is 11.7. The molecule has 0 aromatic heterocycles. The lowest BCUT2D eigenvalue weighted by atomic mass is 10.2. The second-order valence-electron chi connectivity index (χ2n) is 6.15. The Kier molecular flexibility index (Phi) is 5.11. The summed E-state index contributed by atoms with van der Waals surface area (Å²) >= 11 is 0. The van der Waals surface area contributed by atoms with Crippen molar-refractivity contribution in [2.75, 3.05) is 11.1 Å². The van der Waals surface area contributed by atoms with Crippen LogP contribution >= 0.6 is 0 Å². The molecule has 0 saturated heterocycles. The number of amides is 1. The van der Waals surface area contributed by atoms with Gasteiger partial charge in [0.15, 0.2) is 0 Å². The Morgan fingerprint density at radius 1 is 1.13 bits per heavy atom. The Balaban J connectivity index is 1.96. The molecule has 2 aromatic rings. The molecular formula is C18H22N2O3. The Bertz CT molecular complexity index is 664. The number of carbonyl (C=O) groups excluding carboxylic acids is 1. The first-order valence-corrected chi connectivity index (χ1v) is 7.40. The van der Waals surface area contributed by atoms with Crippen molar-refractivity contribution < 1.29 is 14.3 Å². The van der Waals surface area contributed by atoms with Gasteiger partial charge in [-0.15, -0.1) is 0 Å². The van der Waals surface area contributed by atoms with Crippen LogP contribution in [-0.2, 0) is 11.3 Å². The van der Waals surface area contributed by atoms with Gasteiger partial charge in [-0.3, -0.25) is 5.32 Å². The fraction of sp³-hybridized carbons (Fsp3) is 0.278. The molecule has 0 spiro atoms. The normalized spacial score (nSPS) is 10.9. The summed E-state index contributed by atoms with van der Waals surface area (Å²) in [7, 11) is 0. The number of nitrogen functional groups attached to an aromatic ring is 1. The summed E-state index contributed by atoms with van der Waals surface area (Å²) in [5.41, 5.74) is 7.49. The van der Waals surface area contributed by atoms with E-state index in [1.54, 1.807) is 18.2 Å². The topological polar surface area (TPSA) is 73.6 Å². The number of hydrogen-bond donors (Lipinski definition) is 2. The highest BCUT2D eigenvalue weighted by Crippen LogP contribution is 2.26. The molecule has 0 aliphatic rings.